The van der Waals surface area contributed by atoms with E-state index in [1.807, 2.05) is 0 Å². The molecule has 1 aliphatic heterocycles. The van der Waals surface area contributed by atoms with E-state index in [4.69, 9.17) is 10.5 Å². The minimum atomic E-state index is -0.125. The number of nitrogens with zero attached hydrogens (tertiary/aromatic N) is 3. The van der Waals surface area contributed by atoms with Gasteiger partial charge >= 0.3 is 0 Å². The van der Waals surface area contributed by atoms with Crippen molar-refractivity contribution in [3.05, 3.63) is 11.9 Å². The minimum absolute atomic E-state index is 0.125. The Morgan fingerprint density at radius 2 is 1.90 bits per heavy atom. The number of anilines is 1. The number of piperidine rings is 1. The molecule has 1 saturated heterocycles. The number of rotatable bonds is 4. The molecule has 1 aliphatic rings. The second-order valence-corrected chi connectivity index (χ2v) is 6.46. The van der Waals surface area contributed by atoms with Crippen molar-refractivity contribution >= 4 is 5.82 Å². The zero-order valence-corrected chi connectivity index (χ0v) is 12.9. The second kappa shape index (κ2) is 6.39. The van der Waals surface area contributed by atoms with Gasteiger partial charge in [-0.05, 0) is 25.9 Å². The van der Waals surface area contributed by atoms with Crippen molar-refractivity contribution < 1.29 is 4.74 Å². The van der Waals surface area contributed by atoms with E-state index in [0.717, 1.165) is 12.4 Å². The largest absolute Gasteiger partial charge is 0.476 e. The summed E-state index contributed by atoms with van der Waals surface area (Å²) in [4.78, 5) is 11.2. The summed E-state index contributed by atoms with van der Waals surface area (Å²) in [6.07, 6.45) is 3.96. The third-order valence-electron chi connectivity index (χ3n) is 3.50. The molecular formula is C15H26N4O. The van der Waals surface area contributed by atoms with Gasteiger partial charge in [0.15, 0.2) is 0 Å². The number of likely N-dealkylation sites (tertiary alicyclic amines) is 1. The molecule has 0 aliphatic carbocycles. The second-order valence-electron chi connectivity index (χ2n) is 6.46. The Labute approximate surface area is 121 Å². The van der Waals surface area contributed by atoms with Crippen LogP contribution >= 0.6 is 0 Å². The van der Waals surface area contributed by atoms with E-state index in [-0.39, 0.29) is 5.41 Å². The van der Waals surface area contributed by atoms with E-state index in [1.165, 1.54) is 32.4 Å². The van der Waals surface area contributed by atoms with E-state index >= 15 is 0 Å². The number of aromatic nitrogens is 2. The normalized spacial score (nSPS) is 17.1. The summed E-state index contributed by atoms with van der Waals surface area (Å²) >= 11 is 0. The third kappa shape index (κ3) is 4.34. The molecule has 1 aromatic heterocycles. The van der Waals surface area contributed by atoms with E-state index < -0.39 is 0 Å². The molecule has 0 amide bonds. The van der Waals surface area contributed by atoms with Crippen LogP contribution in [0, 0.1) is 0 Å². The lowest BCUT2D eigenvalue weighted by molar-refractivity contribution is 0.180. The van der Waals surface area contributed by atoms with Crippen LogP contribution in [-0.4, -0.2) is 41.1 Å². The molecule has 1 aromatic rings. The van der Waals surface area contributed by atoms with Crippen LogP contribution < -0.4 is 10.5 Å². The maximum Gasteiger partial charge on any atom is 0.218 e. The Balaban J connectivity index is 1.90. The lowest BCUT2D eigenvalue weighted by Crippen LogP contribution is -2.33. The Morgan fingerprint density at radius 3 is 2.55 bits per heavy atom. The molecule has 5 heteroatoms. The highest BCUT2D eigenvalue weighted by Crippen LogP contribution is 2.22. The summed E-state index contributed by atoms with van der Waals surface area (Å²) in [5.41, 5.74) is 5.70. The van der Waals surface area contributed by atoms with E-state index in [9.17, 15) is 0 Å². The van der Waals surface area contributed by atoms with Gasteiger partial charge in [0.2, 0.25) is 5.88 Å². The predicted molar refractivity (Wildman–Crippen MR) is 80.9 cm³/mol. The molecule has 112 valence electrons. The summed E-state index contributed by atoms with van der Waals surface area (Å²) in [6.45, 7) is 10.2. The Hall–Kier alpha value is -1.36. The van der Waals surface area contributed by atoms with Crippen molar-refractivity contribution in [3.63, 3.8) is 0 Å². The molecule has 2 heterocycles. The molecule has 0 bridgehead atoms. The average molecular weight is 278 g/mol. The summed E-state index contributed by atoms with van der Waals surface area (Å²) in [5, 5.41) is 0. The first kappa shape index (κ1) is 15.0. The standard InChI is InChI=1S/C15H26N4O/c1-15(2,3)14-17-12(16)11-13(18-14)20-10-9-19-7-5-4-6-8-19/h11H,4-10H2,1-3H3,(H2,16,17,18). The van der Waals surface area contributed by atoms with Crippen molar-refractivity contribution in [2.24, 2.45) is 0 Å². The fourth-order valence-electron chi connectivity index (χ4n) is 2.31. The van der Waals surface area contributed by atoms with E-state index in [0.29, 0.717) is 18.3 Å². The first-order valence-corrected chi connectivity index (χ1v) is 7.45. The summed E-state index contributed by atoms with van der Waals surface area (Å²) in [5.74, 6) is 1.78. The zero-order valence-electron chi connectivity index (χ0n) is 12.9. The number of nitrogen functional groups attached to an aromatic ring is 1. The van der Waals surface area contributed by atoms with Crippen LogP contribution in [0.25, 0.3) is 0 Å². The molecule has 5 nitrogen and oxygen atoms in total. The van der Waals surface area contributed by atoms with Crippen molar-refractivity contribution in [1.29, 1.82) is 0 Å². The zero-order chi connectivity index (χ0) is 14.6. The quantitative estimate of drug-likeness (QED) is 0.915. The maximum absolute atomic E-state index is 5.83. The molecular weight excluding hydrogens is 252 g/mol. The number of ether oxygens (including phenoxy) is 1. The molecule has 0 aromatic carbocycles. The first-order chi connectivity index (χ1) is 9.45. The average Bonchev–Trinajstić information content (AvgIpc) is 2.38. The van der Waals surface area contributed by atoms with E-state index in [2.05, 4.69) is 35.6 Å². The molecule has 1 fully saturated rings. The fraction of sp³-hybridized carbons (Fsp3) is 0.733. The summed E-state index contributed by atoms with van der Waals surface area (Å²) < 4.78 is 5.75. The molecule has 2 rings (SSSR count). The number of nitrogens with two attached hydrogens (primary N) is 1. The lowest BCUT2D eigenvalue weighted by atomic mass is 9.96. The van der Waals surface area contributed by atoms with Crippen molar-refractivity contribution in [1.82, 2.24) is 14.9 Å². The molecule has 0 unspecified atom stereocenters. The summed E-state index contributed by atoms with van der Waals surface area (Å²) in [7, 11) is 0. The van der Waals surface area contributed by atoms with Gasteiger partial charge in [-0.1, -0.05) is 27.2 Å². The van der Waals surface area contributed by atoms with Gasteiger partial charge < -0.3 is 10.5 Å². The highest BCUT2D eigenvalue weighted by molar-refractivity contribution is 5.34. The van der Waals surface area contributed by atoms with Crippen LogP contribution in [0.2, 0.25) is 0 Å². The van der Waals surface area contributed by atoms with Crippen LogP contribution in [0.15, 0.2) is 6.07 Å². The van der Waals surface area contributed by atoms with Gasteiger partial charge in [-0.3, -0.25) is 4.90 Å². The lowest BCUT2D eigenvalue weighted by Gasteiger charge is -2.26. The van der Waals surface area contributed by atoms with Crippen LogP contribution in [-0.2, 0) is 5.41 Å². The van der Waals surface area contributed by atoms with Gasteiger partial charge in [0.05, 0.1) is 0 Å². The smallest absolute Gasteiger partial charge is 0.218 e. The molecule has 0 atom stereocenters. The topological polar surface area (TPSA) is 64.3 Å². The molecule has 2 N–H and O–H groups in total. The van der Waals surface area contributed by atoms with Crippen LogP contribution in [0.3, 0.4) is 0 Å². The van der Waals surface area contributed by atoms with Gasteiger partial charge in [0, 0.05) is 18.0 Å². The Kier molecular flexibility index (Phi) is 4.81. The van der Waals surface area contributed by atoms with Gasteiger partial charge in [0.1, 0.15) is 18.2 Å². The molecule has 0 spiro atoms. The number of hydrogen-bond donors (Lipinski definition) is 1. The molecule has 0 radical (unpaired) electrons. The monoisotopic (exact) mass is 278 g/mol. The number of hydrogen-bond acceptors (Lipinski definition) is 5. The highest BCUT2D eigenvalue weighted by Gasteiger charge is 2.19. The minimum Gasteiger partial charge on any atom is -0.476 e. The van der Waals surface area contributed by atoms with E-state index in [1.54, 1.807) is 6.07 Å². The predicted octanol–water partition coefficient (Wildman–Crippen LogP) is 2.22. The van der Waals surface area contributed by atoms with Gasteiger partial charge in [-0.15, -0.1) is 0 Å². The Bertz CT molecular complexity index is 436. The van der Waals surface area contributed by atoms with Crippen LogP contribution in [0.4, 0.5) is 5.82 Å². The SMILES string of the molecule is CC(C)(C)c1nc(N)cc(OCCN2CCCCC2)n1. The maximum atomic E-state index is 5.83. The highest BCUT2D eigenvalue weighted by atomic mass is 16.5. The Morgan fingerprint density at radius 1 is 1.20 bits per heavy atom. The van der Waals surface area contributed by atoms with Gasteiger partial charge in [-0.2, -0.15) is 4.98 Å². The van der Waals surface area contributed by atoms with Crippen molar-refractivity contribution in [2.75, 3.05) is 32.0 Å². The fourth-order valence-corrected chi connectivity index (χ4v) is 2.31. The van der Waals surface area contributed by atoms with Crippen LogP contribution in [0.1, 0.15) is 45.9 Å². The summed E-state index contributed by atoms with van der Waals surface area (Å²) in [6, 6.07) is 1.70. The van der Waals surface area contributed by atoms with Crippen molar-refractivity contribution in [2.45, 2.75) is 45.4 Å². The molecule has 0 saturated carbocycles. The van der Waals surface area contributed by atoms with Crippen molar-refractivity contribution in [3.8, 4) is 5.88 Å². The van der Waals surface area contributed by atoms with Crippen LogP contribution in [0.5, 0.6) is 5.88 Å². The van der Waals surface area contributed by atoms with Gasteiger partial charge in [-0.25, -0.2) is 4.98 Å². The molecule has 20 heavy (non-hydrogen) atoms. The first-order valence-electron chi connectivity index (χ1n) is 7.45. The van der Waals surface area contributed by atoms with Gasteiger partial charge in [0.25, 0.3) is 0 Å². The third-order valence-corrected chi connectivity index (χ3v) is 3.50.